The summed E-state index contributed by atoms with van der Waals surface area (Å²) in [6.45, 7) is 2.81. The van der Waals surface area contributed by atoms with Gasteiger partial charge in [-0.25, -0.2) is 4.39 Å². The highest BCUT2D eigenvalue weighted by atomic mass is 35.5. The van der Waals surface area contributed by atoms with E-state index < -0.39 is 5.82 Å². The maximum atomic E-state index is 13.2. The molecule has 5 heteroatoms. The van der Waals surface area contributed by atoms with Crippen molar-refractivity contribution < 1.29 is 9.13 Å². The molecule has 3 nitrogen and oxygen atoms in total. The Morgan fingerprint density at radius 3 is 2.93 bits per heavy atom. The van der Waals surface area contributed by atoms with Crippen molar-refractivity contribution in [2.45, 2.75) is 13.0 Å². The number of rotatable bonds is 5. The molecule has 0 aliphatic heterocycles. The van der Waals surface area contributed by atoms with Crippen molar-refractivity contribution in [2.75, 3.05) is 13.2 Å². The Labute approximate surface area is 93.3 Å². The molecule has 1 unspecified atom stereocenters. The van der Waals surface area contributed by atoms with Crippen molar-refractivity contribution in [1.82, 2.24) is 5.43 Å². The third-order valence-corrected chi connectivity index (χ3v) is 2.45. The van der Waals surface area contributed by atoms with Crippen LogP contribution in [0, 0.1) is 5.82 Å². The van der Waals surface area contributed by atoms with Gasteiger partial charge in [0, 0.05) is 6.61 Å². The van der Waals surface area contributed by atoms with E-state index in [4.69, 9.17) is 22.2 Å². The number of hydrazine groups is 1. The summed E-state index contributed by atoms with van der Waals surface area (Å²) < 4.78 is 18.4. The molecule has 1 aromatic carbocycles. The number of hydrogen-bond donors (Lipinski definition) is 2. The molecule has 0 saturated carbocycles. The van der Waals surface area contributed by atoms with E-state index in [1.165, 1.54) is 6.07 Å². The maximum absolute atomic E-state index is 13.2. The zero-order valence-corrected chi connectivity index (χ0v) is 9.22. The van der Waals surface area contributed by atoms with E-state index in [0.29, 0.717) is 18.8 Å². The topological polar surface area (TPSA) is 47.3 Å². The van der Waals surface area contributed by atoms with Crippen LogP contribution in [-0.4, -0.2) is 13.2 Å². The number of ether oxygens (including phenoxy) is 1. The fourth-order valence-corrected chi connectivity index (χ4v) is 1.51. The van der Waals surface area contributed by atoms with Crippen molar-refractivity contribution in [3.8, 4) is 0 Å². The highest BCUT2D eigenvalue weighted by Gasteiger charge is 2.15. The Morgan fingerprint density at radius 2 is 2.33 bits per heavy atom. The number of halogens is 2. The molecular weight excluding hydrogens is 219 g/mol. The molecule has 0 saturated heterocycles. The largest absolute Gasteiger partial charge is 0.380 e. The van der Waals surface area contributed by atoms with Gasteiger partial charge in [0.2, 0.25) is 0 Å². The van der Waals surface area contributed by atoms with Gasteiger partial charge >= 0.3 is 0 Å². The average molecular weight is 233 g/mol. The van der Waals surface area contributed by atoms with Crippen LogP contribution >= 0.6 is 11.6 Å². The van der Waals surface area contributed by atoms with Crippen LogP contribution in [0.15, 0.2) is 18.2 Å². The summed E-state index contributed by atoms with van der Waals surface area (Å²) in [5, 5.41) is 0.0835. The van der Waals surface area contributed by atoms with Crippen LogP contribution in [0.3, 0.4) is 0 Å². The smallest absolute Gasteiger partial charge is 0.142 e. The first-order valence-electron chi connectivity index (χ1n) is 4.68. The molecule has 84 valence electrons. The third kappa shape index (κ3) is 3.14. The Morgan fingerprint density at radius 1 is 1.60 bits per heavy atom. The lowest BCUT2D eigenvalue weighted by atomic mass is 10.1. The molecule has 0 fully saturated rings. The molecule has 0 bridgehead atoms. The summed E-state index contributed by atoms with van der Waals surface area (Å²) in [6, 6.07) is 4.31. The van der Waals surface area contributed by atoms with Gasteiger partial charge in [0.05, 0.1) is 17.7 Å². The van der Waals surface area contributed by atoms with Gasteiger partial charge < -0.3 is 4.74 Å². The van der Waals surface area contributed by atoms with E-state index in [-0.39, 0.29) is 11.1 Å². The predicted molar refractivity (Wildman–Crippen MR) is 58.0 cm³/mol. The minimum atomic E-state index is -0.453. The highest BCUT2D eigenvalue weighted by Crippen LogP contribution is 2.25. The van der Waals surface area contributed by atoms with Crippen LogP contribution < -0.4 is 11.3 Å². The van der Waals surface area contributed by atoms with Crippen LogP contribution in [-0.2, 0) is 4.74 Å². The van der Waals surface area contributed by atoms with Gasteiger partial charge in [-0.3, -0.25) is 11.3 Å². The number of hydrogen-bond acceptors (Lipinski definition) is 3. The van der Waals surface area contributed by atoms with E-state index >= 15 is 0 Å². The monoisotopic (exact) mass is 232 g/mol. The van der Waals surface area contributed by atoms with Gasteiger partial charge in [-0.2, -0.15) is 0 Å². The lowest BCUT2D eigenvalue weighted by Gasteiger charge is -2.17. The van der Waals surface area contributed by atoms with Gasteiger partial charge in [0.15, 0.2) is 0 Å². The van der Waals surface area contributed by atoms with Gasteiger partial charge in [-0.15, -0.1) is 0 Å². The molecule has 0 radical (unpaired) electrons. The highest BCUT2D eigenvalue weighted by molar-refractivity contribution is 6.31. The van der Waals surface area contributed by atoms with E-state index in [2.05, 4.69) is 5.43 Å². The van der Waals surface area contributed by atoms with Crippen LogP contribution in [0.25, 0.3) is 0 Å². The van der Waals surface area contributed by atoms with Crippen LogP contribution in [0.2, 0.25) is 5.02 Å². The van der Waals surface area contributed by atoms with Crippen LogP contribution in [0.1, 0.15) is 18.5 Å². The van der Waals surface area contributed by atoms with Gasteiger partial charge in [0.1, 0.15) is 5.82 Å². The first kappa shape index (κ1) is 12.4. The summed E-state index contributed by atoms with van der Waals surface area (Å²) in [4.78, 5) is 0. The fraction of sp³-hybridized carbons (Fsp3) is 0.400. The molecule has 0 aliphatic carbocycles. The lowest BCUT2D eigenvalue weighted by molar-refractivity contribution is 0.123. The van der Waals surface area contributed by atoms with Crippen molar-refractivity contribution in [3.05, 3.63) is 34.6 Å². The van der Waals surface area contributed by atoms with Crippen molar-refractivity contribution >= 4 is 11.6 Å². The van der Waals surface area contributed by atoms with Crippen LogP contribution in [0.4, 0.5) is 4.39 Å². The molecule has 0 spiro atoms. The maximum Gasteiger partial charge on any atom is 0.142 e. The Hall–Kier alpha value is -0.680. The number of benzene rings is 1. The minimum absolute atomic E-state index is 0.0835. The first-order valence-corrected chi connectivity index (χ1v) is 5.06. The SMILES string of the molecule is CCOCC(NN)c1cccc(F)c1Cl. The van der Waals surface area contributed by atoms with Crippen LogP contribution in [0.5, 0.6) is 0 Å². The molecule has 3 N–H and O–H groups in total. The predicted octanol–water partition coefficient (Wildman–Crippen LogP) is 2.02. The van der Waals surface area contributed by atoms with E-state index in [1.807, 2.05) is 6.92 Å². The van der Waals surface area contributed by atoms with E-state index in [9.17, 15) is 4.39 Å². The molecule has 15 heavy (non-hydrogen) atoms. The Kier molecular flexibility index (Phi) is 4.98. The van der Waals surface area contributed by atoms with Crippen molar-refractivity contribution in [1.29, 1.82) is 0 Å². The molecule has 0 heterocycles. The molecule has 0 amide bonds. The zero-order valence-electron chi connectivity index (χ0n) is 8.47. The van der Waals surface area contributed by atoms with Gasteiger partial charge in [0.25, 0.3) is 0 Å². The Balaban J connectivity index is 2.86. The lowest BCUT2D eigenvalue weighted by Crippen LogP contribution is -2.31. The summed E-state index contributed by atoms with van der Waals surface area (Å²) in [7, 11) is 0. The standard InChI is InChI=1S/C10H14ClFN2O/c1-2-15-6-9(14-13)7-4-3-5-8(12)10(7)11/h3-5,9,14H,2,6,13H2,1H3. The molecule has 1 atom stereocenters. The minimum Gasteiger partial charge on any atom is -0.380 e. The molecule has 1 rings (SSSR count). The Bertz CT molecular complexity index is 322. The van der Waals surface area contributed by atoms with E-state index in [1.54, 1.807) is 12.1 Å². The number of nitrogens with one attached hydrogen (secondary N) is 1. The second-order valence-corrected chi connectivity index (χ2v) is 3.40. The molecule has 0 aliphatic rings. The van der Waals surface area contributed by atoms with Crippen molar-refractivity contribution in [3.63, 3.8) is 0 Å². The molecule has 1 aromatic rings. The zero-order chi connectivity index (χ0) is 11.3. The third-order valence-electron chi connectivity index (χ3n) is 2.05. The average Bonchev–Trinajstić information content (AvgIpc) is 2.25. The van der Waals surface area contributed by atoms with Crippen molar-refractivity contribution in [2.24, 2.45) is 5.84 Å². The first-order chi connectivity index (χ1) is 7.20. The summed E-state index contributed by atoms with van der Waals surface area (Å²) in [5.74, 6) is 4.90. The summed E-state index contributed by atoms with van der Waals surface area (Å²) >= 11 is 5.82. The fourth-order valence-electron chi connectivity index (χ4n) is 1.25. The summed E-state index contributed by atoms with van der Waals surface area (Å²) in [6.07, 6.45) is 0. The second-order valence-electron chi connectivity index (χ2n) is 3.02. The second kappa shape index (κ2) is 6.02. The molecule has 0 aromatic heterocycles. The molecular formula is C10H14ClFN2O. The summed E-state index contributed by atoms with van der Waals surface area (Å²) in [5.41, 5.74) is 3.15. The quantitative estimate of drug-likeness (QED) is 0.603. The van der Waals surface area contributed by atoms with E-state index in [0.717, 1.165) is 0 Å². The number of nitrogens with two attached hydrogens (primary N) is 1. The normalized spacial score (nSPS) is 12.8. The van der Waals surface area contributed by atoms with Gasteiger partial charge in [-0.1, -0.05) is 23.7 Å². The van der Waals surface area contributed by atoms with Gasteiger partial charge in [-0.05, 0) is 18.6 Å².